The molecule has 0 saturated carbocycles. The quantitative estimate of drug-likeness (QED) is 0.472. The molecule has 0 radical (unpaired) electrons. The lowest BCUT2D eigenvalue weighted by atomic mass is 10.2. The Bertz CT molecular complexity index is 1490. The fraction of sp³-hybridized carbons (Fsp3) is 0.136. The van der Waals surface area contributed by atoms with Gasteiger partial charge in [-0.1, -0.05) is 42.5 Å². The SMILES string of the molecule is CN(C(=O)Cn1c(=O)cnc2ccccc21)c1c(N)n(Cc2ccccc2)c(=O)[nH]c1=O. The molecule has 10 nitrogen and oxygen atoms in total. The number of amides is 1. The van der Waals surface area contributed by atoms with Crippen LogP contribution in [0.4, 0.5) is 11.5 Å². The molecule has 0 aliphatic heterocycles. The third-order valence-electron chi connectivity index (χ3n) is 5.15. The van der Waals surface area contributed by atoms with Crippen LogP contribution >= 0.6 is 0 Å². The Kier molecular flexibility index (Phi) is 5.42. The van der Waals surface area contributed by atoms with Crippen molar-refractivity contribution in [3.8, 4) is 0 Å². The molecule has 2 aromatic carbocycles. The van der Waals surface area contributed by atoms with E-state index >= 15 is 0 Å². The van der Waals surface area contributed by atoms with Crippen molar-refractivity contribution in [3.05, 3.63) is 97.5 Å². The van der Waals surface area contributed by atoms with Crippen LogP contribution in [0.25, 0.3) is 11.0 Å². The molecule has 10 heteroatoms. The highest BCUT2D eigenvalue weighted by Gasteiger charge is 2.22. The lowest BCUT2D eigenvalue weighted by molar-refractivity contribution is -0.118. The summed E-state index contributed by atoms with van der Waals surface area (Å²) >= 11 is 0. The van der Waals surface area contributed by atoms with Crippen LogP contribution in [-0.4, -0.2) is 32.1 Å². The second kappa shape index (κ2) is 8.34. The Morgan fingerprint density at radius 3 is 2.47 bits per heavy atom. The summed E-state index contributed by atoms with van der Waals surface area (Å²) in [5.74, 6) is -0.712. The second-order valence-corrected chi connectivity index (χ2v) is 7.19. The van der Waals surface area contributed by atoms with Crippen LogP contribution < -0.4 is 27.4 Å². The Morgan fingerprint density at radius 1 is 1.03 bits per heavy atom. The van der Waals surface area contributed by atoms with Crippen LogP contribution in [0.2, 0.25) is 0 Å². The number of carbonyl (C=O) groups is 1. The van der Waals surface area contributed by atoms with Crippen LogP contribution in [0.1, 0.15) is 5.56 Å². The Balaban J connectivity index is 1.71. The molecule has 2 aromatic heterocycles. The maximum absolute atomic E-state index is 13.0. The summed E-state index contributed by atoms with van der Waals surface area (Å²) in [5, 5.41) is 0. The van der Waals surface area contributed by atoms with E-state index < -0.39 is 22.7 Å². The third kappa shape index (κ3) is 3.81. The summed E-state index contributed by atoms with van der Waals surface area (Å²) in [6.45, 7) is -0.221. The molecular formula is C22H20N6O4. The summed E-state index contributed by atoms with van der Waals surface area (Å²) in [6.07, 6.45) is 1.14. The topological polar surface area (TPSA) is 136 Å². The van der Waals surface area contributed by atoms with Crippen LogP contribution in [0.5, 0.6) is 0 Å². The number of nitrogen functional groups attached to an aromatic ring is 1. The summed E-state index contributed by atoms with van der Waals surface area (Å²) in [6, 6.07) is 16.0. The van der Waals surface area contributed by atoms with E-state index in [-0.39, 0.29) is 24.6 Å². The van der Waals surface area contributed by atoms with E-state index in [1.54, 1.807) is 24.3 Å². The van der Waals surface area contributed by atoms with Gasteiger partial charge >= 0.3 is 5.69 Å². The molecule has 0 spiro atoms. The van der Waals surface area contributed by atoms with Crippen LogP contribution in [-0.2, 0) is 17.9 Å². The number of aromatic nitrogens is 4. The Morgan fingerprint density at radius 2 is 1.72 bits per heavy atom. The molecule has 0 fully saturated rings. The predicted molar refractivity (Wildman–Crippen MR) is 121 cm³/mol. The van der Waals surface area contributed by atoms with Gasteiger partial charge in [-0.2, -0.15) is 0 Å². The normalized spacial score (nSPS) is 10.9. The molecule has 0 atom stereocenters. The first kappa shape index (κ1) is 20.8. The zero-order valence-corrected chi connectivity index (χ0v) is 17.2. The molecule has 0 aliphatic carbocycles. The van der Waals surface area contributed by atoms with Crippen molar-refractivity contribution >= 4 is 28.4 Å². The Labute approximate surface area is 181 Å². The van der Waals surface area contributed by atoms with Crippen molar-refractivity contribution < 1.29 is 4.79 Å². The number of hydrogen-bond donors (Lipinski definition) is 2. The maximum atomic E-state index is 13.0. The fourth-order valence-electron chi connectivity index (χ4n) is 3.47. The first-order valence-corrected chi connectivity index (χ1v) is 9.74. The molecular weight excluding hydrogens is 412 g/mol. The van der Waals surface area contributed by atoms with Crippen molar-refractivity contribution in [1.82, 2.24) is 19.1 Å². The molecule has 162 valence electrons. The largest absolute Gasteiger partial charge is 0.383 e. The number of rotatable bonds is 5. The highest BCUT2D eigenvalue weighted by molar-refractivity contribution is 5.95. The van der Waals surface area contributed by atoms with Crippen LogP contribution in [0.15, 0.2) is 75.2 Å². The average molecular weight is 432 g/mol. The zero-order valence-electron chi connectivity index (χ0n) is 17.2. The predicted octanol–water partition coefficient (Wildman–Crippen LogP) is 0.540. The summed E-state index contributed by atoms with van der Waals surface area (Å²) in [5.41, 5.74) is 5.88. The minimum atomic E-state index is -0.792. The number of aromatic amines is 1. The molecule has 0 unspecified atom stereocenters. The number of fused-ring (bicyclic) bond motifs is 1. The van der Waals surface area contributed by atoms with Gasteiger partial charge in [0.05, 0.1) is 23.8 Å². The number of hydrogen-bond acceptors (Lipinski definition) is 6. The van der Waals surface area contributed by atoms with Crippen LogP contribution in [0, 0.1) is 0 Å². The number of anilines is 2. The van der Waals surface area contributed by atoms with Gasteiger partial charge in [0.15, 0.2) is 5.69 Å². The highest BCUT2D eigenvalue weighted by atomic mass is 16.2. The van der Waals surface area contributed by atoms with Gasteiger partial charge in [-0.15, -0.1) is 0 Å². The molecule has 2 heterocycles. The number of benzene rings is 2. The molecule has 32 heavy (non-hydrogen) atoms. The van der Waals surface area contributed by atoms with Gasteiger partial charge in [0.2, 0.25) is 5.91 Å². The van der Waals surface area contributed by atoms with Gasteiger partial charge in [-0.05, 0) is 17.7 Å². The molecule has 0 bridgehead atoms. The monoisotopic (exact) mass is 432 g/mol. The van der Waals surface area contributed by atoms with Gasteiger partial charge in [-0.25, -0.2) is 9.78 Å². The number of para-hydroxylation sites is 2. The first-order chi connectivity index (χ1) is 15.4. The molecule has 4 rings (SSSR count). The van der Waals surface area contributed by atoms with Crippen molar-refractivity contribution in [2.45, 2.75) is 13.1 Å². The first-order valence-electron chi connectivity index (χ1n) is 9.74. The number of likely N-dealkylation sites (N-methyl/N-ethyl adjacent to an activating group) is 1. The number of nitrogens with two attached hydrogens (primary N) is 1. The minimum absolute atomic E-state index is 0.117. The van der Waals surface area contributed by atoms with E-state index in [2.05, 4.69) is 9.97 Å². The molecule has 3 N–H and O–H groups in total. The fourth-order valence-corrected chi connectivity index (χ4v) is 3.47. The molecule has 0 saturated heterocycles. The summed E-state index contributed by atoms with van der Waals surface area (Å²) in [7, 11) is 1.37. The summed E-state index contributed by atoms with van der Waals surface area (Å²) < 4.78 is 2.45. The number of carbonyl (C=O) groups excluding carboxylic acids is 1. The number of H-pyrrole nitrogens is 1. The van der Waals surface area contributed by atoms with Gasteiger partial charge in [0.1, 0.15) is 12.4 Å². The van der Waals surface area contributed by atoms with E-state index in [0.717, 1.165) is 16.7 Å². The number of nitrogens with zero attached hydrogens (tertiary/aromatic N) is 4. The van der Waals surface area contributed by atoms with E-state index in [4.69, 9.17) is 5.73 Å². The lowest BCUT2D eigenvalue weighted by Gasteiger charge is -2.21. The smallest absolute Gasteiger partial charge is 0.330 e. The second-order valence-electron chi connectivity index (χ2n) is 7.19. The van der Waals surface area contributed by atoms with E-state index in [9.17, 15) is 19.2 Å². The maximum Gasteiger partial charge on any atom is 0.330 e. The van der Waals surface area contributed by atoms with Gasteiger partial charge in [-0.3, -0.25) is 28.5 Å². The highest BCUT2D eigenvalue weighted by Crippen LogP contribution is 2.17. The van der Waals surface area contributed by atoms with Crippen LogP contribution in [0.3, 0.4) is 0 Å². The van der Waals surface area contributed by atoms with Crippen molar-refractivity contribution in [1.29, 1.82) is 0 Å². The van der Waals surface area contributed by atoms with Gasteiger partial charge < -0.3 is 10.6 Å². The molecule has 4 aromatic rings. The molecule has 0 aliphatic rings. The van der Waals surface area contributed by atoms with Crippen molar-refractivity contribution in [2.75, 3.05) is 17.7 Å². The van der Waals surface area contributed by atoms with Gasteiger partial charge in [0, 0.05) is 7.05 Å². The van der Waals surface area contributed by atoms with Crippen molar-refractivity contribution in [3.63, 3.8) is 0 Å². The zero-order chi connectivity index (χ0) is 22.8. The van der Waals surface area contributed by atoms with E-state index in [0.29, 0.717) is 11.0 Å². The lowest BCUT2D eigenvalue weighted by Crippen LogP contribution is -2.41. The minimum Gasteiger partial charge on any atom is -0.383 e. The van der Waals surface area contributed by atoms with Crippen molar-refractivity contribution in [2.24, 2.45) is 0 Å². The third-order valence-corrected chi connectivity index (χ3v) is 5.15. The standard InChI is InChI=1S/C22H20N6O4/c1-26(18(30)13-27-16-10-6-5-9-15(16)24-11-17(27)29)19-20(23)28(22(32)25-21(19)31)12-14-7-3-2-4-8-14/h2-11H,12-13,23H2,1H3,(H,25,31,32). The molecule has 1 amide bonds. The average Bonchev–Trinajstić information content (AvgIpc) is 2.79. The number of nitrogens with one attached hydrogen (secondary N) is 1. The Hall–Kier alpha value is -4.47. The van der Waals surface area contributed by atoms with E-state index in [1.165, 1.54) is 16.2 Å². The van der Waals surface area contributed by atoms with E-state index in [1.807, 2.05) is 30.3 Å². The summed E-state index contributed by atoms with van der Waals surface area (Å²) in [4.78, 5) is 57.6. The van der Waals surface area contributed by atoms with Gasteiger partial charge in [0.25, 0.3) is 11.1 Å².